The summed E-state index contributed by atoms with van der Waals surface area (Å²) in [7, 11) is -3.68. The topological polar surface area (TPSA) is 82.0 Å². The van der Waals surface area contributed by atoms with Crippen LogP contribution in [0, 0.1) is 11.3 Å². The van der Waals surface area contributed by atoms with Gasteiger partial charge in [0.05, 0.1) is 16.7 Å². The van der Waals surface area contributed by atoms with Crippen LogP contribution in [0.5, 0.6) is 0 Å². The van der Waals surface area contributed by atoms with E-state index in [-0.39, 0.29) is 22.0 Å². The summed E-state index contributed by atoms with van der Waals surface area (Å²) in [4.78, 5) is -0.0660. The molecule has 2 N–H and O–H groups in total. The monoisotopic (exact) mass is 301 g/mol. The highest BCUT2D eigenvalue weighted by Gasteiger charge is 2.17. The van der Waals surface area contributed by atoms with Crippen LogP contribution in [0.4, 0.5) is 0 Å². The van der Waals surface area contributed by atoms with E-state index < -0.39 is 10.0 Å². The molecule has 0 spiro atoms. The third kappa shape index (κ3) is 4.80. The Labute approximate surface area is 118 Å². The maximum Gasteiger partial charge on any atom is 0.242 e. The molecule has 0 fully saturated rings. The third-order valence-electron chi connectivity index (χ3n) is 2.37. The minimum absolute atomic E-state index is 0.0660. The Morgan fingerprint density at radius 2 is 2.05 bits per heavy atom. The van der Waals surface area contributed by atoms with Crippen molar-refractivity contribution in [2.75, 3.05) is 19.6 Å². The maximum absolute atomic E-state index is 12.0. The summed E-state index contributed by atoms with van der Waals surface area (Å²) in [5.74, 6) is 0. The van der Waals surface area contributed by atoms with Crippen LogP contribution in [-0.2, 0) is 10.0 Å². The van der Waals surface area contributed by atoms with Gasteiger partial charge in [-0.25, -0.2) is 13.1 Å². The van der Waals surface area contributed by atoms with Crippen molar-refractivity contribution in [2.24, 2.45) is 0 Å². The van der Waals surface area contributed by atoms with Gasteiger partial charge in [0, 0.05) is 13.1 Å². The van der Waals surface area contributed by atoms with Gasteiger partial charge in [0.15, 0.2) is 0 Å². The number of rotatable bonds is 7. The zero-order chi connectivity index (χ0) is 14.3. The zero-order valence-electron chi connectivity index (χ0n) is 10.6. The van der Waals surface area contributed by atoms with Gasteiger partial charge in [0.1, 0.15) is 4.90 Å². The van der Waals surface area contributed by atoms with Gasteiger partial charge in [0.2, 0.25) is 10.0 Å². The predicted octanol–water partition coefficient (Wildman–Crippen LogP) is 1.49. The molecule has 0 aliphatic heterocycles. The lowest BCUT2D eigenvalue weighted by molar-refractivity contribution is 0.575. The molecule has 0 aliphatic rings. The predicted molar refractivity (Wildman–Crippen MR) is 74.5 cm³/mol. The van der Waals surface area contributed by atoms with E-state index in [0.717, 1.165) is 13.0 Å². The Morgan fingerprint density at radius 1 is 1.32 bits per heavy atom. The molecule has 19 heavy (non-hydrogen) atoms. The highest BCUT2D eigenvalue weighted by atomic mass is 35.5. The molecule has 1 rings (SSSR count). The molecule has 0 heterocycles. The standard InChI is InChI=1S/C12H16ClN3O2S/c1-2-5-15-6-7-16-19(17,18)12-8-10(9-14)3-4-11(12)13/h3-4,8,15-16H,2,5-7H2,1H3. The van der Waals surface area contributed by atoms with Crippen LogP contribution in [0.25, 0.3) is 0 Å². The first-order chi connectivity index (χ1) is 9.01. The Kier molecular flexibility index (Phi) is 6.25. The minimum atomic E-state index is -3.68. The molecule has 7 heteroatoms. The SMILES string of the molecule is CCCNCCNS(=O)(=O)c1cc(C#N)ccc1Cl. The van der Waals surface area contributed by atoms with E-state index in [1.54, 1.807) is 0 Å². The van der Waals surface area contributed by atoms with Gasteiger partial charge in [-0.1, -0.05) is 18.5 Å². The van der Waals surface area contributed by atoms with Gasteiger partial charge in [-0.05, 0) is 31.2 Å². The van der Waals surface area contributed by atoms with E-state index in [1.807, 2.05) is 13.0 Å². The van der Waals surface area contributed by atoms with Crippen LogP contribution in [-0.4, -0.2) is 28.1 Å². The molecular formula is C12H16ClN3O2S. The van der Waals surface area contributed by atoms with E-state index in [4.69, 9.17) is 16.9 Å². The second-order valence-electron chi connectivity index (χ2n) is 3.90. The van der Waals surface area contributed by atoms with Crippen LogP contribution in [0.2, 0.25) is 5.02 Å². The van der Waals surface area contributed by atoms with Crippen molar-refractivity contribution in [2.45, 2.75) is 18.2 Å². The third-order valence-corrected chi connectivity index (χ3v) is 4.31. The van der Waals surface area contributed by atoms with Gasteiger partial charge in [-0.2, -0.15) is 5.26 Å². The van der Waals surface area contributed by atoms with Crippen molar-refractivity contribution < 1.29 is 8.42 Å². The molecule has 0 aromatic heterocycles. The average molecular weight is 302 g/mol. The molecule has 0 radical (unpaired) electrons. The highest BCUT2D eigenvalue weighted by Crippen LogP contribution is 2.22. The fourth-order valence-corrected chi connectivity index (χ4v) is 2.99. The van der Waals surface area contributed by atoms with E-state index in [0.29, 0.717) is 6.54 Å². The van der Waals surface area contributed by atoms with Crippen molar-refractivity contribution in [3.8, 4) is 6.07 Å². The van der Waals surface area contributed by atoms with Crippen LogP contribution in [0.1, 0.15) is 18.9 Å². The lowest BCUT2D eigenvalue weighted by atomic mass is 10.2. The number of nitrogens with one attached hydrogen (secondary N) is 2. The van der Waals surface area contributed by atoms with Crippen LogP contribution >= 0.6 is 11.6 Å². The molecule has 104 valence electrons. The normalized spacial score (nSPS) is 11.2. The lowest BCUT2D eigenvalue weighted by Gasteiger charge is -2.09. The van der Waals surface area contributed by atoms with Crippen LogP contribution < -0.4 is 10.0 Å². The first-order valence-electron chi connectivity index (χ1n) is 5.91. The first-order valence-corrected chi connectivity index (χ1v) is 7.77. The number of sulfonamides is 1. The summed E-state index contributed by atoms with van der Waals surface area (Å²) in [5.41, 5.74) is 0.258. The van der Waals surface area contributed by atoms with E-state index >= 15 is 0 Å². The van der Waals surface area contributed by atoms with Crippen molar-refractivity contribution in [1.29, 1.82) is 5.26 Å². The number of hydrogen-bond donors (Lipinski definition) is 2. The molecule has 0 bridgehead atoms. The molecule has 0 saturated carbocycles. The van der Waals surface area contributed by atoms with E-state index in [9.17, 15) is 8.42 Å². The summed E-state index contributed by atoms with van der Waals surface area (Å²) in [6, 6.07) is 6.04. The lowest BCUT2D eigenvalue weighted by Crippen LogP contribution is -2.32. The summed E-state index contributed by atoms with van der Waals surface area (Å²) >= 11 is 5.86. The Bertz CT molecular complexity index is 567. The number of nitriles is 1. The fraction of sp³-hybridized carbons (Fsp3) is 0.417. The second-order valence-corrected chi connectivity index (χ2v) is 6.05. The van der Waals surface area contributed by atoms with Crippen molar-refractivity contribution in [1.82, 2.24) is 10.0 Å². The molecule has 0 unspecified atom stereocenters. The molecule has 0 amide bonds. The number of halogens is 1. The number of nitrogens with zero attached hydrogens (tertiary/aromatic N) is 1. The van der Waals surface area contributed by atoms with Crippen molar-refractivity contribution in [3.63, 3.8) is 0 Å². The van der Waals surface area contributed by atoms with Gasteiger partial charge in [0.25, 0.3) is 0 Å². The molecule has 0 atom stereocenters. The molecular weight excluding hydrogens is 286 g/mol. The average Bonchev–Trinajstić information content (AvgIpc) is 2.39. The first kappa shape index (κ1) is 15.9. The maximum atomic E-state index is 12.0. The van der Waals surface area contributed by atoms with Crippen molar-refractivity contribution >= 4 is 21.6 Å². The molecule has 0 saturated heterocycles. The Hall–Kier alpha value is -1.13. The molecule has 0 aliphatic carbocycles. The van der Waals surface area contributed by atoms with Crippen LogP contribution in [0.15, 0.2) is 23.1 Å². The molecule has 5 nitrogen and oxygen atoms in total. The number of benzene rings is 1. The van der Waals surface area contributed by atoms with Gasteiger partial charge >= 0.3 is 0 Å². The highest BCUT2D eigenvalue weighted by molar-refractivity contribution is 7.89. The van der Waals surface area contributed by atoms with Gasteiger partial charge < -0.3 is 5.32 Å². The quantitative estimate of drug-likeness (QED) is 0.748. The summed E-state index contributed by atoms with van der Waals surface area (Å²) < 4.78 is 26.5. The summed E-state index contributed by atoms with van der Waals surface area (Å²) in [6.07, 6.45) is 0.989. The van der Waals surface area contributed by atoms with E-state index in [2.05, 4.69) is 10.0 Å². The fourth-order valence-electron chi connectivity index (χ4n) is 1.43. The Morgan fingerprint density at radius 3 is 2.68 bits per heavy atom. The minimum Gasteiger partial charge on any atom is -0.315 e. The Balaban J connectivity index is 2.75. The molecule has 1 aromatic rings. The second kappa shape index (κ2) is 7.46. The summed E-state index contributed by atoms with van der Waals surface area (Å²) in [6.45, 7) is 3.69. The molecule has 1 aromatic carbocycles. The van der Waals surface area contributed by atoms with E-state index in [1.165, 1.54) is 18.2 Å². The number of hydrogen-bond acceptors (Lipinski definition) is 4. The summed E-state index contributed by atoms with van der Waals surface area (Å²) in [5, 5.41) is 12.0. The zero-order valence-corrected chi connectivity index (χ0v) is 12.2. The largest absolute Gasteiger partial charge is 0.315 e. The van der Waals surface area contributed by atoms with Crippen molar-refractivity contribution in [3.05, 3.63) is 28.8 Å². The van der Waals surface area contributed by atoms with Gasteiger partial charge in [-0.15, -0.1) is 0 Å². The van der Waals surface area contributed by atoms with Gasteiger partial charge in [-0.3, -0.25) is 0 Å². The van der Waals surface area contributed by atoms with Crippen LogP contribution in [0.3, 0.4) is 0 Å². The smallest absolute Gasteiger partial charge is 0.242 e.